The number of nitrogens with zero attached hydrogens (tertiary/aromatic N) is 2. The lowest BCUT2D eigenvalue weighted by molar-refractivity contribution is -0.121. The van der Waals surface area contributed by atoms with Crippen LogP contribution in [0.3, 0.4) is 0 Å². The van der Waals surface area contributed by atoms with E-state index in [-0.39, 0.29) is 15.8 Å². The van der Waals surface area contributed by atoms with E-state index >= 15 is 0 Å². The summed E-state index contributed by atoms with van der Waals surface area (Å²) >= 11 is 6.92. The zero-order chi connectivity index (χ0) is 25.5. The fourth-order valence-electron chi connectivity index (χ4n) is 4.16. The molecule has 1 aliphatic rings. The number of carbonyl (C=O) groups excluding carboxylic acids is 1. The Morgan fingerprint density at radius 2 is 1.94 bits per heavy atom. The Kier molecular flexibility index (Phi) is 6.54. The summed E-state index contributed by atoms with van der Waals surface area (Å²) in [4.78, 5) is 12.3. The van der Waals surface area contributed by atoms with E-state index in [9.17, 15) is 13.2 Å². The molecule has 2 aromatic carbocycles. The van der Waals surface area contributed by atoms with Crippen molar-refractivity contribution < 1.29 is 17.9 Å². The Labute approximate surface area is 218 Å². The molecule has 1 aliphatic carbocycles. The molecule has 188 valence electrons. The zero-order valence-corrected chi connectivity index (χ0v) is 21.9. The molecule has 5 rings (SSSR count). The number of benzene rings is 2. The van der Waals surface area contributed by atoms with Crippen LogP contribution in [-0.4, -0.2) is 36.6 Å². The number of rotatable bonds is 10. The lowest BCUT2D eigenvalue weighted by Crippen LogP contribution is -2.32. The Morgan fingerprint density at radius 3 is 2.64 bits per heavy atom. The highest BCUT2D eigenvalue weighted by molar-refractivity contribution is 7.94. The molecule has 36 heavy (non-hydrogen) atoms. The van der Waals surface area contributed by atoms with Crippen molar-refractivity contribution in [2.45, 2.75) is 42.0 Å². The number of aryl methyl sites for hydroxylation is 1. The van der Waals surface area contributed by atoms with Gasteiger partial charge in [0.2, 0.25) is 0 Å². The molecule has 0 saturated heterocycles. The van der Waals surface area contributed by atoms with Crippen LogP contribution in [0.1, 0.15) is 30.4 Å². The number of halogens is 1. The summed E-state index contributed by atoms with van der Waals surface area (Å²) in [6.45, 7) is 0.402. The van der Waals surface area contributed by atoms with Gasteiger partial charge in [0.25, 0.3) is 10.0 Å². The first kappa shape index (κ1) is 24.8. The van der Waals surface area contributed by atoms with Crippen molar-refractivity contribution in [2.24, 2.45) is 5.73 Å². The number of nitrogens with one attached hydrogen (secondary N) is 1. The van der Waals surface area contributed by atoms with Gasteiger partial charge in [-0.05, 0) is 54.7 Å². The van der Waals surface area contributed by atoms with Crippen LogP contribution in [0.15, 0.2) is 58.8 Å². The summed E-state index contributed by atoms with van der Waals surface area (Å²) in [6, 6.07) is 16.4. The second-order valence-corrected chi connectivity index (χ2v) is 12.5. The van der Waals surface area contributed by atoms with Gasteiger partial charge in [0.05, 0.1) is 34.4 Å². The lowest BCUT2D eigenvalue weighted by Gasteiger charge is -2.09. The Balaban J connectivity index is 1.44. The number of aromatic nitrogens is 2. The largest absolute Gasteiger partial charge is 0.496 e. The molecular formula is C25H25ClN4O4S2. The summed E-state index contributed by atoms with van der Waals surface area (Å²) in [5.41, 5.74) is 8.14. The van der Waals surface area contributed by atoms with Crippen LogP contribution in [0.4, 0.5) is 5.82 Å². The molecule has 4 aromatic rings. The molecule has 3 N–H and O–H groups in total. The number of thiophene rings is 1. The maximum Gasteiger partial charge on any atom is 0.272 e. The number of carbonyl (C=O) groups is 1. The summed E-state index contributed by atoms with van der Waals surface area (Å²) < 4.78 is 36.3. The van der Waals surface area contributed by atoms with E-state index < -0.39 is 15.6 Å². The molecule has 0 radical (unpaired) electrons. The number of nitrogens with two attached hydrogens (primary N) is 1. The Hall–Kier alpha value is -2.92. The molecular weight excluding hydrogens is 520 g/mol. The van der Waals surface area contributed by atoms with Crippen LogP contribution in [-0.2, 0) is 27.8 Å². The minimum Gasteiger partial charge on any atom is -0.496 e. The van der Waals surface area contributed by atoms with Crippen LogP contribution in [0, 0.1) is 0 Å². The number of hydrogen-bond donors (Lipinski definition) is 2. The highest BCUT2D eigenvalue weighted by Gasteiger charge is 2.44. The van der Waals surface area contributed by atoms with Gasteiger partial charge in [0.1, 0.15) is 9.96 Å². The SMILES string of the molecule is COc1cccc2c1c(NS(=O)(=O)c1ccc(Cl)s1)nn2Cc1cccc(CCC(=O)C2(N)CC2)c1. The minimum atomic E-state index is -3.89. The zero-order valence-electron chi connectivity index (χ0n) is 19.5. The third kappa shape index (κ3) is 4.99. The van der Waals surface area contributed by atoms with Crippen LogP contribution >= 0.6 is 22.9 Å². The first-order valence-corrected chi connectivity index (χ1v) is 14.1. The van der Waals surface area contributed by atoms with Crippen LogP contribution in [0.2, 0.25) is 4.34 Å². The third-order valence-corrected chi connectivity index (χ3v) is 9.37. The average molecular weight is 545 g/mol. The molecule has 0 atom stereocenters. The number of ether oxygens (including phenoxy) is 1. The summed E-state index contributed by atoms with van der Waals surface area (Å²) in [5.74, 6) is 0.789. The van der Waals surface area contributed by atoms with Gasteiger partial charge in [0.15, 0.2) is 11.6 Å². The number of ketones is 1. The van der Waals surface area contributed by atoms with Crippen molar-refractivity contribution in [1.82, 2.24) is 9.78 Å². The second kappa shape index (κ2) is 9.51. The topological polar surface area (TPSA) is 116 Å². The third-order valence-electron chi connectivity index (χ3n) is 6.31. The van der Waals surface area contributed by atoms with Crippen molar-refractivity contribution in [3.05, 3.63) is 70.1 Å². The van der Waals surface area contributed by atoms with E-state index in [2.05, 4.69) is 9.82 Å². The monoisotopic (exact) mass is 544 g/mol. The molecule has 11 heteroatoms. The van der Waals surface area contributed by atoms with Gasteiger partial charge >= 0.3 is 0 Å². The fraction of sp³-hybridized carbons (Fsp3) is 0.280. The molecule has 0 spiro atoms. The van der Waals surface area contributed by atoms with Crippen molar-refractivity contribution in [2.75, 3.05) is 11.8 Å². The van der Waals surface area contributed by atoms with E-state index in [4.69, 9.17) is 22.1 Å². The first-order valence-electron chi connectivity index (χ1n) is 11.4. The maximum absolute atomic E-state index is 13.0. The highest BCUT2D eigenvalue weighted by atomic mass is 35.5. The molecule has 8 nitrogen and oxygen atoms in total. The van der Waals surface area contributed by atoms with Crippen LogP contribution in [0.25, 0.3) is 10.9 Å². The van der Waals surface area contributed by atoms with Crippen molar-refractivity contribution in [3.8, 4) is 5.75 Å². The van der Waals surface area contributed by atoms with E-state index in [1.54, 1.807) is 10.7 Å². The molecule has 0 unspecified atom stereocenters. The van der Waals surface area contributed by atoms with Gasteiger partial charge in [-0.1, -0.05) is 41.9 Å². The maximum atomic E-state index is 13.0. The summed E-state index contributed by atoms with van der Waals surface area (Å²) in [7, 11) is -2.36. The van der Waals surface area contributed by atoms with Gasteiger partial charge in [-0.25, -0.2) is 8.42 Å². The smallest absolute Gasteiger partial charge is 0.272 e. The molecule has 1 fully saturated rings. The molecule has 2 aromatic heterocycles. The fourth-order valence-corrected chi connectivity index (χ4v) is 6.65. The summed E-state index contributed by atoms with van der Waals surface area (Å²) in [6.07, 6.45) is 2.58. The standard InChI is InChI=1S/C25H25ClN4O4S2/c1-34-19-7-3-6-18-23(19)24(29-36(32,33)22-11-10-21(26)35-22)28-30(18)15-17-5-2-4-16(14-17)8-9-20(31)25(27)12-13-25/h2-7,10-11,14H,8-9,12-13,15,27H2,1H3,(H,28,29). The van der Waals surface area contributed by atoms with E-state index in [1.165, 1.54) is 19.2 Å². The first-order chi connectivity index (χ1) is 17.2. The molecule has 0 aliphatic heterocycles. The number of Topliss-reactive ketones (excluding diaryl/α,β-unsaturated/α-hetero) is 1. The van der Waals surface area contributed by atoms with Gasteiger partial charge in [0, 0.05) is 6.42 Å². The van der Waals surface area contributed by atoms with Crippen molar-refractivity contribution in [3.63, 3.8) is 0 Å². The van der Waals surface area contributed by atoms with Crippen molar-refractivity contribution in [1.29, 1.82) is 0 Å². The highest BCUT2D eigenvalue weighted by Crippen LogP contribution is 2.36. The van der Waals surface area contributed by atoms with Gasteiger partial charge < -0.3 is 10.5 Å². The van der Waals surface area contributed by atoms with E-state index in [1.807, 2.05) is 36.4 Å². The Morgan fingerprint density at radius 1 is 1.19 bits per heavy atom. The number of hydrogen-bond acceptors (Lipinski definition) is 7. The second-order valence-electron chi connectivity index (χ2n) is 8.92. The number of sulfonamides is 1. The number of anilines is 1. The molecule has 0 amide bonds. The van der Waals surface area contributed by atoms with Gasteiger partial charge in [-0.15, -0.1) is 11.3 Å². The van der Waals surface area contributed by atoms with E-state index in [0.29, 0.717) is 34.9 Å². The Bertz CT molecular complexity index is 1560. The molecule has 0 bridgehead atoms. The number of methoxy groups -OCH3 is 1. The van der Waals surface area contributed by atoms with Gasteiger partial charge in [-0.2, -0.15) is 5.10 Å². The predicted molar refractivity (Wildman–Crippen MR) is 141 cm³/mol. The van der Waals surface area contributed by atoms with Crippen LogP contribution < -0.4 is 15.2 Å². The minimum absolute atomic E-state index is 0.0952. The predicted octanol–water partition coefficient (Wildman–Crippen LogP) is 4.60. The van der Waals surface area contributed by atoms with E-state index in [0.717, 1.165) is 40.8 Å². The molecule has 1 saturated carbocycles. The number of fused-ring (bicyclic) bond motifs is 1. The normalized spacial score (nSPS) is 14.6. The average Bonchev–Trinajstić information content (AvgIpc) is 3.30. The summed E-state index contributed by atoms with van der Waals surface area (Å²) in [5, 5.41) is 5.16. The quantitative estimate of drug-likeness (QED) is 0.301. The van der Waals surface area contributed by atoms with Gasteiger partial charge in [-0.3, -0.25) is 14.2 Å². The van der Waals surface area contributed by atoms with Crippen LogP contribution in [0.5, 0.6) is 5.75 Å². The van der Waals surface area contributed by atoms with Crippen molar-refractivity contribution >= 4 is 55.5 Å². The lowest BCUT2D eigenvalue weighted by atomic mass is 10.0. The molecule has 2 heterocycles.